The highest BCUT2D eigenvalue weighted by molar-refractivity contribution is 5.91. The minimum Gasteiger partial charge on any atom is -0.490 e. The maximum atomic E-state index is 12.3. The van der Waals surface area contributed by atoms with Crippen molar-refractivity contribution in [3.05, 3.63) is 72.6 Å². The van der Waals surface area contributed by atoms with E-state index in [2.05, 4.69) is 10.4 Å². The SMILES string of the molecule is CCOc1ccccc1OCCCC(=O)Nc1ccccc1Cn1cccn1. The zero-order valence-electron chi connectivity index (χ0n) is 16.0. The second-order valence-corrected chi connectivity index (χ2v) is 6.24. The van der Waals surface area contributed by atoms with E-state index in [1.807, 2.05) is 72.4 Å². The lowest BCUT2D eigenvalue weighted by atomic mass is 10.1. The Kier molecular flexibility index (Phi) is 7.07. The van der Waals surface area contributed by atoms with Crippen LogP contribution in [0.5, 0.6) is 11.5 Å². The van der Waals surface area contributed by atoms with Gasteiger partial charge in [0, 0.05) is 24.5 Å². The van der Waals surface area contributed by atoms with Crippen LogP contribution in [0.1, 0.15) is 25.3 Å². The number of aromatic nitrogens is 2. The number of nitrogens with one attached hydrogen (secondary N) is 1. The van der Waals surface area contributed by atoms with Gasteiger partial charge in [-0.05, 0) is 43.2 Å². The first-order valence-corrected chi connectivity index (χ1v) is 9.46. The molecule has 1 heterocycles. The van der Waals surface area contributed by atoms with Crippen molar-refractivity contribution in [1.82, 2.24) is 9.78 Å². The maximum Gasteiger partial charge on any atom is 0.224 e. The second kappa shape index (κ2) is 10.2. The first-order chi connectivity index (χ1) is 13.8. The molecule has 6 nitrogen and oxygen atoms in total. The summed E-state index contributed by atoms with van der Waals surface area (Å²) in [6, 6.07) is 17.2. The van der Waals surface area contributed by atoms with Crippen LogP contribution in [0.3, 0.4) is 0 Å². The van der Waals surface area contributed by atoms with Crippen LogP contribution in [0.4, 0.5) is 5.69 Å². The highest BCUT2D eigenvalue weighted by Crippen LogP contribution is 2.26. The Morgan fingerprint density at radius 2 is 1.79 bits per heavy atom. The molecule has 0 atom stereocenters. The number of hydrogen-bond acceptors (Lipinski definition) is 4. The third-order valence-corrected chi connectivity index (χ3v) is 4.14. The summed E-state index contributed by atoms with van der Waals surface area (Å²) in [5.74, 6) is 1.39. The molecule has 0 spiro atoms. The molecule has 1 aromatic heterocycles. The first kappa shape index (κ1) is 19.5. The quantitative estimate of drug-likeness (QED) is 0.538. The molecule has 0 bridgehead atoms. The van der Waals surface area contributed by atoms with Crippen molar-refractivity contribution in [3.8, 4) is 11.5 Å². The van der Waals surface area contributed by atoms with Crippen molar-refractivity contribution in [2.45, 2.75) is 26.3 Å². The molecule has 28 heavy (non-hydrogen) atoms. The zero-order chi connectivity index (χ0) is 19.6. The van der Waals surface area contributed by atoms with Crippen molar-refractivity contribution in [2.75, 3.05) is 18.5 Å². The van der Waals surface area contributed by atoms with Crippen LogP contribution >= 0.6 is 0 Å². The monoisotopic (exact) mass is 379 g/mol. The number of hydrogen-bond donors (Lipinski definition) is 1. The summed E-state index contributed by atoms with van der Waals surface area (Å²) in [5, 5.41) is 7.21. The summed E-state index contributed by atoms with van der Waals surface area (Å²) in [5.41, 5.74) is 1.83. The van der Waals surface area contributed by atoms with Crippen LogP contribution in [0, 0.1) is 0 Å². The highest BCUT2D eigenvalue weighted by Gasteiger charge is 2.08. The Balaban J connectivity index is 1.48. The molecule has 1 N–H and O–H groups in total. The summed E-state index contributed by atoms with van der Waals surface area (Å²) < 4.78 is 13.1. The predicted octanol–water partition coefficient (Wildman–Crippen LogP) is 4.13. The van der Waals surface area contributed by atoms with Gasteiger partial charge in [0.15, 0.2) is 11.5 Å². The summed E-state index contributed by atoms with van der Waals surface area (Å²) in [7, 11) is 0. The van der Waals surface area contributed by atoms with Crippen molar-refractivity contribution < 1.29 is 14.3 Å². The lowest BCUT2D eigenvalue weighted by molar-refractivity contribution is -0.116. The molecule has 0 radical (unpaired) electrons. The molecule has 3 rings (SSSR count). The van der Waals surface area contributed by atoms with E-state index >= 15 is 0 Å². The number of benzene rings is 2. The molecule has 0 saturated heterocycles. The average Bonchev–Trinajstić information content (AvgIpc) is 3.21. The number of carbonyl (C=O) groups is 1. The van der Waals surface area contributed by atoms with Crippen LogP contribution in [0.25, 0.3) is 0 Å². The minimum atomic E-state index is -0.0328. The van der Waals surface area contributed by atoms with E-state index in [0.717, 1.165) is 17.0 Å². The van der Waals surface area contributed by atoms with Crippen LogP contribution in [-0.4, -0.2) is 28.9 Å². The van der Waals surface area contributed by atoms with Gasteiger partial charge in [-0.2, -0.15) is 5.10 Å². The molecule has 0 aliphatic carbocycles. The van der Waals surface area contributed by atoms with Gasteiger partial charge in [-0.1, -0.05) is 30.3 Å². The van der Waals surface area contributed by atoms with Gasteiger partial charge in [0.05, 0.1) is 19.8 Å². The Labute approximate surface area is 165 Å². The van der Waals surface area contributed by atoms with E-state index in [-0.39, 0.29) is 5.91 Å². The van der Waals surface area contributed by atoms with Crippen molar-refractivity contribution >= 4 is 11.6 Å². The predicted molar refractivity (Wildman–Crippen MR) is 109 cm³/mol. The van der Waals surface area contributed by atoms with Crippen LogP contribution in [-0.2, 0) is 11.3 Å². The number of anilines is 1. The van der Waals surface area contributed by atoms with Gasteiger partial charge >= 0.3 is 0 Å². The van der Waals surface area contributed by atoms with Crippen LogP contribution in [0.2, 0.25) is 0 Å². The number of amides is 1. The van der Waals surface area contributed by atoms with Crippen LogP contribution < -0.4 is 14.8 Å². The number of rotatable bonds is 10. The van der Waals surface area contributed by atoms with Gasteiger partial charge < -0.3 is 14.8 Å². The summed E-state index contributed by atoms with van der Waals surface area (Å²) in [4.78, 5) is 12.3. The second-order valence-electron chi connectivity index (χ2n) is 6.24. The molecule has 0 saturated carbocycles. The fourth-order valence-electron chi connectivity index (χ4n) is 2.82. The van der Waals surface area contributed by atoms with E-state index in [9.17, 15) is 4.79 Å². The van der Waals surface area contributed by atoms with Gasteiger partial charge in [0.25, 0.3) is 0 Å². The van der Waals surface area contributed by atoms with E-state index in [1.54, 1.807) is 6.20 Å². The van der Waals surface area contributed by atoms with Crippen molar-refractivity contribution in [3.63, 3.8) is 0 Å². The van der Waals surface area contributed by atoms with E-state index in [4.69, 9.17) is 9.47 Å². The first-order valence-electron chi connectivity index (χ1n) is 9.46. The Hall–Kier alpha value is -3.28. The largest absolute Gasteiger partial charge is 0.490 e. The molecule has 2 aromatic carbocycles. The molecule has 0 aliphatic rings. The van der Waals surface area contributed by atoms with E-state index in [0.29, 0.717) is 38.3 Å². The Morgan fingerprint density at radius 1 is 1.04 bits per heavy atom. The molecule has 146 valence electrons. The molecule has 0 unspecified atom stereocenters. The van der Waals surface area contributed by atoms with Crippen LogP contribution in [0.15, 0.2) is 67.0 Å². The van der Waals surface area contributed by atoms with Gasteiger partial charge in [-0.15, -0.1) is 0 Å². The molecule has 3 aromatic rings. The molecular weight excluding hydrogens is 354 g/mol. The number of para-hydroxylation sites is 3. The van der Waals surface area contributed by atoms with E-state index < -0.39 is 0 Å². The normalized spacial score (nSPS) is 10.5. The molecule has 0 fully saturated rings. The summed E-state index contributed by atoms with van der Waals surface area (Å²) >= 11 is 0. The third-order valence-electron chi connectivity index (χ3n) is 4.14. The van der Waals surface area contributed by atoms with Gasteiger partial charge in [-0.25, -0.2) is 0 Å². The average molecular weight is 379 g/mol. The standard InChI is InChI=1S/C22H25N3O3/c1-2-27-20-11-5-6-12-21(20)28-16-7-13-22(26)24-19-10-4-3-9-18(19)17-25-15-8-14-23-25/h3-6,8-12,14-15H,2,7,13,16-17H2,1H3,(H,24,26). The molecule has 1 amide bonds. The Morgan fingerprint density at radius 3 is 2.54 bits per heavy atom. The van der Waals surface area contributed by atoms with E-state index in [1.165, 1.54) is 0 Å². The number of carbonyl (C=O) groups excluding carboxylic acids is 1. The Bertz CT molecular complexity index is 878. The minimum absolute atomic E-state index is 0.0328. The topological polar surface area (TPSA) is 65.4 Å². The van der Waals surface area contributed by atoms with Gasteiger partial charge in [0.1, 0.15) is 0 Å². The smallest absolute Gasteiger partial charge is 0.224 e. The lowest BCUT2D eigenvalue weighted by Gasteiger charge is -2.12. The summed E-state index contributed by atoms with van der Waals surface area (Å²) in [6.45, 7) is 3.58. The molecular formula is C22H25N3O3. The number of ether oxygens (including phenoxy) is 2. The zero-order valence-corrected chi connectivity index (χ0v) is 16.0. The lowest BCUT2D eigenvalue weighted by Crippen LogP contribution is -2.15. The number of nitrogens with zero attached hydrogens (tertiary/aromatic N) is 2. The van der Waals surface area contributed by atoms with Gasteiger partial charge in [-0.3, -0.25) is 9.48 Å². The maximum absolute atomic E-state index is 12.3. The molecule has 0 aliphatic heterocycles. The van der Waals surface area contributed by atoms with Crippen molar-refractivity contribution in [2.24, 2.45) is 0 Å². The highest BCUT2D eigenvalue weighted by atomic mass is 16.5. The fraction of sp³-hybridized carbons (Fsp3) is 0.273. The fourth-order valence-corrected chi connectivity index (χ4v) is 2.82. The molecule has 6 heteroatoms. The third kappa shape index (κ3) is 5.61. The van der Waals surface area contributed by atoms with Crippen molar-refractivity contribution in [1.29, 1.82) is 0 Å². The summed E-state index contributed by atoms with van der Waals surface area (Å²) in [6.07, 6.45) is 4.64. The van der Waals surface area contributed by atoms with Gasteiger partial charge in [0.2, 0.25) is 5.91 Å².